The number of ketones is 1. The molecule has 1 aliphatic carbocycles. The van der Waals surface area contributed by atoms with Crippen molar-refractivity contribution in [2.24, 2.45) is 0 Å². The number of ether oxygens (including phenoxy) is 1. The van der Waals surface area contributed by atoms with Crippen molar-refractivity contribution in [1.82, 2.24) is 0 Å². The molecule has 0 aliphatic heterocycles. The Morgan fingerprint density at radius 1 is 1.15 bits per heavy atom. The van der Waals surface area contributed by atoms with E-state index in [9.17, 15) is 4.79 Å². The van der Waals surface area contributed by atoms with E-state index in [1.54, 1.807) is 0 Å². The summed E-state index contributed by atoms with van der Waals surface area (Å²) in [5.41, 5.74) is 0. The summed E-state index contributed by atoms with van der Waals surface area (Å²) in [6.45, 7) is 7.67. The van der Waals surface area contributed by atoms with Gasteiger partial charge >= 0.3 is 0 Å². The van der Waals surface area contributed by atoms with Crippen molar-refractivity contribution in [1.29, 1.82) is 0 Å². The Kier molecular flexibility index (Phi) is 15.8. The molecule has 0 radical (unpaired) electrons. The Morgan fingerprint density at radius 3 is 1.62 bits per heavy atom. The molecule has 3 nitrogen and oxygen atoms in total. The summed E-state index contributed by atoms with van der Waals surface area (Å²) < 4.78 is 4.83. The van der Waals surface area contributed by atoms with Gasteiger partial charge in [0.25, 0.3) is 0 Å². The molecule has 0 bridgehead atoms. The first kappa shape index (κ1) is 14.8. The average molecular weight is 188 g/mol. The zero-order chi connectivity index (χ0) is 10.5. The Labute approximate surface area is 80.5 Å². The van der Waals surface area contributed by atoms with E-state index >= 15 is 0 Å². The number of Topliss-reactive ketones (excluding diaryl/α,β-unsaturated/α-hetero) is 1. The van der Waals surface area contributed by atoms with Crippen LogP contribution in [-0.4, -0.2) is 25.8 Å². The maximum Gasteiger partial charge on any atom is 0.132 e. The van der Waals surface area contributed by atoms with Crippen molar-refractivity contribution in [2.45, 2.75) is 39.5 Å². The summed E-state index contributed by atoms with van der Waals surface area (Å²) in [7, 11) is 0. The van der Waals surface area contributed by atoms with E-state index in [1.807, 2.05) is 20.6 Å². The van der Waals surface area contributed by atoms with Crippen LogP contribution in [0.2, 0.25) is 0 Å². The highest BCUT2D eigenvalue weighted by Crippen LogP contribution is 2.11. The third-order valence-electron chi connectivity index (χ3n) is 1.57. The molecule has 0 N–H and O–H groups in total. The van der Waals surface area contributed by atoms with Crippen molar-refractivity contribution in [3.63, 3.8) is 0 Å². The van der Waals surface area contributed by atoms with Crippen molar-refractivity contribution in [3.05, 3.63) is 0 Å². The second-order valence-electron chi connectivity index (χ2n) is 2.53. The second kappa shape index (κ2) is 13.9. The summed E-state index contributed by atoms with van der Waals surface area (Å²) in [6, 6.07) is 0. The molecular formula is C10H20O3. The molecule has 0 aromatic carbocycles. The molecule has 0 amide bonds. The highest BCUT2D eigenvalue weighted by Gasteiger charge is 2.07. The molecule has 0 unspecified atom stereocenters. The summed E-state index contributed by atoms with van der Waals surface area (Å²) in [4.78, 5) is 18.2. The summed E-state index contributed by atoms with van der Waals surface area (Å²) in [5, 5.41) is 0. The number of carbonyl (C=O) groups is 2. The minimum absolute atomic E-state index is 0.454. The monoisotopic (exact) mass is 188 g/mol. The van der Waals surface area contributed by atoms with Crippen molar-refractivity contribution < 1.29 is 14.3 Å². The average Bonchev–Trinajstić information content (AvgIpc) is 2.62. The molecule has 0 saturated heterocycles. The van der Waals surface area contributed by atoms with Crippen LogP contribution in [0.4, 0.5) is 0 Å². The number of hydrogen-bond donors (Lipinski definition) is 0. The van der Waals surface area contributed by atoms with Gasteiger partial charge in [0, 0.05) is 26.1 Å². The maximum absolute atomic E-state index is 10.2. The fraction of sp³-hybridized carbons (Fsp3) is 0.800. The van der Waals surface area contributed by atoms with Gasteiger partial charge in [0.2, 0.25) is 0 Å². The van der Waals surface area contributed by atoms with Gasteiger partial charge in [-0.3, -0.25) is 4.79 Å². The number of carbonyl (C=O) groups excluding carboxylic acids is 2. The molecule has 1 fully saturated rings. The highest BCUT2D eigenvalue weighted by molar-refractivity contribution is 5.79. The first-order valence-corrected chi connectivity index (χ1v) is 4.69. The second-order valence-corrected chi connectivity index (χ2v) is 2.53. The largest absolute Gasteiger partial charge is 0.382 e. The highest BCUT2D eigenvalue weighted by atomic mass is 16.5. The normalized spacial score (nSPS) is 13.8. The van der Waals surface area contributed by atoms with Crippen molar-refractivity contribution in [3.8, 4) is 0 Å². The first-order valence-electron chi connectivity index (χ1n) is 4.69. The Hall–Kier alpha value is -0.700. The Bertz CT molecular complexity index is 103. The predicted octanol–water partition coefficient (Wildman–Crippen LogP) is 1.99. The fourth-order valence-corrected chi connectivity index (χ4v) is 0.973. The minimum Gasteiger partial charge on any atom is -0.382 e. The molecule has 0 spiro atoms. The van der Waals surface area contributed by atoms with E-state index in [0.29, 0.717) is 5.78 Å². The standard InChI is InChI=1S/C5H8O.C4H10O.CH2O/c6-5-3-1-2-4-5;1-3-5-4-2;1-2/h1-4H2;3-4H2,1-2H3;1H2. The van der Waals surface area contributed by atoms with Crippen LogP contribution in [0.1, 0.15) is 39.5 Å². The SMILES string of the molecule is C=O.CCOCC.O=C1CCCC1. The molecule has 0 atom stereocenters. The molecule has 0 aromatic rings. The maximum atomic E-state index is 10.2. The van der Waals surface area contributed by atoms with Gasteiger partial charge in [0.05, 0.1) is 0 Å². The quantitative estimate of drug-likeness (QED) is 0.665. The molecule has 1 aliphatic rings. The summed E-state index contributed by atoms with van der Waals surface area (Å²) in [5.74, 6) is 0.454. The lowest BCUT2D eigenvalue weighted by molar-refractivity contribution is -0.117. The van der Waals surface area contributed by atoms with Gasteiger partial charge in [-0.15, -0.1) is 0 Å². The number of rotatable bonds is 2. The van der Waals surface area contributed by atoms with Crippen LogP contribution >= 0.6 is 0 Å². The zero-order valence-corrected chi connectivity index (χ0v) is 8.67. The third-order valence-corrected chi connectivity index (χ3v) is 1.57. The van der Waals surface area contributed by atoms with Crippen LogP contribution in [0.25, 0.3) is 0 Å². The molecule has 1 rings (SSSR count). The third kappa shape index (κ3) is 14.2. The van der Waals surface area contributed by atoms with Gasteiger partial charge < -0.3 is 9.53 Å². The predicted molar refractivity (Wildman–Crippen MR) is 52.8 cm³/mol. The van der Waals surface area contributed by atoms with Crippen molar-refractivity contribution in [2.75, 3.05) is 13.2 Å². The van der Waals surface area contributed by atoms with Gasteiger partial charge in [-0.1, -0.05) is 0 Å². The van der Waals surface area contributed by atoms with Gasteiger partial charge in [-0.2, -0.15) is 0 Å². The molecular weight excluding hydrogens is 168 g/mol. The van der Waals surface area contributed by atoms with E-state index in [4.69, 9.17) is 9.53 Å². The van der Waals surface area contributed by atoms with Crippen LogP contribution in [0.15, 0.2) is 0 Å². The van der Waals surface area contributed by atoms with Gasteiger partial charge in [0.1, 0.15) is 12.6 Å². The van der Waals surface area contributed by atoms with Crippen LogP contribution < -0.4 is 0 Å². The van der Waals surface area contributed by atoms with E-state index < -0.39 is 0 Å². The number of hydrogen-bond acceptors (Lipinski definition) is 3. The van der Waals surface area contributed by atoms with Crippen LogP contribution in [0.3, 0.4) is 0 Å². The minimum atomic E-state index is 0.454. The van der Waals surface area contributed by atoms with Crippen LogP contribution in [0.5, 0.6) is 0 Å². The van der Waals surface area contributed by atoms with Gasteiger partial charge in [-0.25, -0.2) is 0 Å². The van der Waals surface area contributed by atoms with E-state index in [2.05, 4.69) is 0 Å². The summed E-state index contributed by atoms with van der Waals surface area (Å²) >= 11 is 0. The topological polar surface area (TPSA) is 43.4 Å². The fourth-order valence-electron chi connectivity index (χ4n) is 0.973. The lowest BCUT2D eigenvalue weighted by atomic mass is 10.4. The molecule has 1 saturated carbocycles. The van der Waals surface area contributed by atoms with Crippen molar-refractivity contribution >= 4 is 12.6 Å². The zero-order valence-electron chi connectivity index (χ0n) is 8.67. The molecule has 13 heavy (non-hydrogen) atoms. The van der Waals surface area contributed by atoms with Crippen LogP contribution in [0, 0.1) is 0 Å². The Balaban J connectivity index is 0. The molecule has 0 aromatic heterocycles. The smallest absolute Gasteiger partial charge is 0.132 e. The van der Waals surface area contributed by atoms with E-state index in [-0.39, 0.29) is 0 Å². The van der Waals surface area contributed by atoms with E-state index in [0.717, 1.165) is 38.9 Å². The lowest BCUT2D eigenvalue weighted by Crippen LogP contribution is -1.84. The Morgan fingerprint density at radius 2 is 1.54 bits per heavy atom. The molecule has 0 heterocycles. The van der Waals surface area contributed by atoms with Crippen LogP contribution in [-0.2, 0) is 14.3 Å². The van der Waals surface area contributed by atoms with Gasteiger partial charge in [0.15, 0.2) is 0 Å². The molecule has 78 valence electrons. The van der Waals surface area contributed by atoms with E-state index in [1.165, 1.54) is 0 Å². The molecule has 3 heteroatoms. The lowest BCUT2D eigenvalue weighted by Gasteiger charge is -1.86. The first-order chi connectivity index (χ1) is 6.31. The van der Waals surface area contributed by atoms with Gasteiger partial charge in [-0.05, 0) is 26.7 Å². The summed E-state index contributed by atoms with van der Waals surface area (Å²) in [6.07, 6.45) is 3.97.